The lowest BCUT2D eigenvalue weighted by molar-refractivity contribution is -0.137. The van der Waals surface area contributed by atoms with E-state index in [2.05, 4.69) is 15.9 Å². The Morgan fingerprint density at radius 3 is 2.45 bits per heavy atom. The fourth-order valence-corrected chi connectivity index (χ4v) is 3.41. The third-order valence-electron chi connectivity index (χ3n) is 4.05. The number of benzene rings is 1. The average molecular weight is 377 g/mol. The number of aliphatic hydroxyl groups is 1. The first-order chi connectivity index (χ1) is 10.3. The Hall–Kier alpha value is -1.26. The molecule has 1 heterocycles. The monoisotopic (exact) mass is 376 g/mol. The van der Waals surface area contributed by atoms with Crippen molar-refractivity contribution in [1.82, 2.24) is 0 Å². The molecule has 1 aliphatic rings. The lowest BCUT2D eigenvalue weighted by Crippen LogP contribution is -2.44. The number of anilines is 1. The SMILES string of the molecule is N#Cc1ccc(N2CCC(O)(CCBr)CC2)cc1C(F)(F)F. The summed E-state index contributed by atoms with van der Waals surface area (Å²) in [5.41, 5.74) is -1.59. The second-order valence-electron chi connectivity index (χ2n) is 5.49. The smallest absolute Gasteiger partial charge is 0.390 e. The van der Waals surface area contributed by atoms with Gasteiger partial charge >= 0.3 is 6.18 Å². The van der Waals surface area contributed by atoms with E-state index in [1.165, 1.54) is 12.1 Å². The van der Waals surface area contributed by atoms with E-state index in [0.717, 1.165) is 6.07 Å². The van der Waals surface area contributed by atoms with E-state index in [1.807, 2.05) is 4.90 Å². The van der Waals surface area contributed by atoms with Crippen molar-refractivity contribution >= 4 is 21.6 Å². The van der Waals surface area contributed by atoms with Crippen molar-refractivity contribution in [1.29, 1.82) is 5.26 Å². The number of halogens is 4. The number of nitrogens with zero attached hydrogens (tertiary/aromatic N) is 2. The molecule has 0 spiro atoms. The van der Waals surface area contributed by atoms with E-state index < -0.39 is 17.3 Å². The van der Waals surface area contributed by atoms with Crippen LogP contribution < -0.4 is 4.90 Å². The summed E-state index contributed by atoms with van der Waals surface area (Å²) in [6, 6.07) is 5.34. The van der Waals surface area contributed by atoms with Crippen LogP contribution in [-0.2, 0) is 6.18 Å². The van der Waals surface area contributed by atoms with Gasteiger partial charge in [0.15, 0.2) is 0 Å². The first-order valence-electron chi connectivity index (χ1n) is 6.94. The van der Waals surface area contributed by atoms with E-state index in [1.54, 1.807) is 6.07 Å². The molecule has 1 aromatic carbocycles. The van der Waals surface area contributed by atoms with Gasteiger partial charge in [-0.15, -0.1) is 0 Å². The van der Waals surface area contributed by atoms with Crippen molar-refractivity contribution in [2.45, 2.75) is 31.0 Å². The molecule has 1 fully saturated rings. The van der Waals surface area contributed by atoms with E-state index in [9.17, 15) is 18.3 Å². The van der Waals surface area contributed by atoms with E-state index >= 15 is 0 Å². The maximum absolute atomic E-state index is 13.0. The largest absolute Gasteiger partial charge is 0.417 e. The maximum Gasteiger partial charge on any atom is 0.417 e. The molecule has 0 aliphatic carbocycles. The predicted molar refractivity (Wildman–Crippen MR) is 81.0 cm³/mol. The minimum absolute atomic E-state index is 0.371. The highest BCUT2D eigenvalue weighted by molar-refractivity contribution is 9.09. The molecule has 0 unspecified atom stereocenters. The summed E-state index contributed by atoms with van der Waals surface area (Å²) in [7, 11) is 0. The Morgan fingerprint density at radius 1 is 1.32 bits per heavy atom. The van der Waals surface area contributed by atoms with Gasteiger partial charge in [-0.25, -0.2) is 0 Å². The van der Waals surface area contributed by atoms with Crippen LogP contribution in [0.25, 0.3) is 0 Å². The standard InChI is InChI=1S/C15H16BrF3N2O/c16-6-3-14(22)4-7-21(8-5-14)12-2-1-11(10-20)13(9-12)15(17,18)19/h1-2,9,22H,3-8H2. The fraction of sp³-hybridized carbons (Fsp3) is 0.533. The molecular weight excluding hydrogens is 361 g/mol. The summed E-state index contributed by atoms with van der Waals surface area (Å²) >= 11 is 3.30. The summed E-state index contributed by atoms with van der Waals surface area (Å²) in [6.07, 6.45) is -2.89. The molecule has 3 nitrogen and oxygen atoms in total. The molecule has 1 N–H and O–H groups in total. The molecular formula is C15H16BrF3N2O. The van der Waals surface area contributed by atoms with Gasteiger partial charge in [0, 0.05) is 24.1 Å². The second kappa shape index (κ2) is 6.47. The Labute approximate surface area is 135 Å². The third kappa shape index (κ3) is 3.73. The van der Waals surface area contributed by atoms with E-state index in [-0.39, 0.29) is 5.56 Å². The Kier molecular flexibility index (Phi) is 5.03. The van der Waals surface area contributed by atoms with E-state index in [4.69, 9.17) is 5.26 Å². The number of hydrogen-bond donors (Lipinski definition) is 1. The molecule has 2 rings (SSSR count). The van der Waals surface area contributed by atoms with Gasteiger partial charge in [0.05, 0.1) is 22.8 Å². The topological polar surface area (TPSA) is 47.3 Å². The van der Waals surface area contributed by atoms with Gasteiger partial charge in [-0.1, -0.05) is 15.9 Å². The molecule has 0 radical (unpaired) electrons. The molecule has 0 aromatic heterocycles. The summed E-state index contributed by atoms with van der Waals surface area (Å²) < 4.78 is 39.0. The van der Waals surface area contributed by atoms with E-state index in [0.29, 0.717) is 43.4 Å². The van der Waals surface area contributed by atoms with Crippen LogP contribution >= 0.6 is 15.9 Å². The number of alkyl halides is 4. The summed E-state index contributed by atoms with van der Waals surface area (Å²) in [5, 5.41) is 19.8. The highest BCUT2D eigenvalue weighted by atomic mass is 79.9. The predicted octanol–water partition coefficient (Wildman–Crippen LogP) is 3.69. The molecule has 1 aromatic rings. The number of nitriles is 1. The van der Waals surface area contributed by atoms with Crippen molar-refractivity contribution in [2.24, 2.45) is 0 Å². The molecule has 22 heavy (non-hydrogen) atoms. The highest BCUT2D eigenvalue weighted by Crippen LogP contribution is 2.36. The first-order valence-corrected chi connectivity index (χ1v) is 8.06. The van der Waals surface area contributed by atoms with Crippen LogP contribution in [0.5, 0.6) is 0 Å². The molecule has 120 valence electrons. The molecule has 1 aliphatic heterocycles. The second-order valence-corrected chi connectivity index (χ2v) is 6.28. The third-order valence-corrected chi connectivity index (χ3v) is 4.44. The quantitative estimate of drug-likeness (QED) is 0.818. The van der Waals surface area contributed by atoms with Crippen molar-refractivity contribution in [2.75, 3.05) is 23.3 Å². The van der Waals surface area contributed by atoms with Crippen molar-refractivity contribution < 1.29 is 18.3 Å². The van der Waals surface area contributed by atoms with Gasteiger partial charge < -0.3 is 10.0 Å². The molecule has 0 bridgehead atoms. The average Bonchev–Trinajstić information content (AvgIpc) is 2.46. The Morgan fingerprint density at radius 2 is 1.95 bits per heavy atom. The van der Waals surface area contributed by atoms with Gasteiger partial charge in [-0.2, -0.15) is 18.4 Å². The van der Waals surface area contributed by atoms with Crippen LogP contribution in [-0.4, -0.2) is 29.1 Å². The molecule has 1 saturated heterocycles. The normalized spacial score (nSPS) is 18.1. The summed E-state index contributed by atoms with van der Waals surface area (Å²) in [4.78, 5) is 1.82. The van der Waals surface area contributed by atoms with Gasteiger partial charge in [0.25, 0.3) is 0 Å². The van der Waals surface area contributed by atoms with Crippen molar-refractivity contribution in [3.63, 3.8) is 0 Å². The van der Waals surface area contributed by atoms with Crippen LogP contribution in [0.15, 0.2) is 18.2 Å². The number of rotatable bonds is 3. The van der Waals surface area contributed by atoms with Crippen LogP contribution in [0.2, 0.25) is 0 Å². The zero-order chi connectivity index (χ0) is 16.4. The highest BCUT2D eigenvalue weighted by Gasteiger charge is 2.35. The summed E-state index contributed by atoms with van der Waals surface area (Å²) in [6.45, 7) is 0.986. The molecule has 0 amide bonds. The molecule has 0 atom stereocenters. The van der Waals surface area contributed by atoms with Gasteiger partial charge in [-0.3, -0.25) is 0 Å². The number of hydrogen-bond acceptors (Lipinski definition) is 3. The van der Waals surface area contributed by atoms with Crippen LogP contribution in [0, 0.1) is 11.3 Å². The lowest BCUT2D eigenvalue weighted by atomic mass is 9.88. The van der Waals surface area contributed by atoms with Gasteiger partial charge in [0.1, 0.15) is 0 Å². The lowest BCUT2D eigenvalue weighted by Gasteiger charge is -2.39. The zero-order valence-electron chi connectivity index (χ0n) is 11.8. The molecule has 7 heteroatoms. The fourth-order valence-electron chi connectivity index (χ4n) is 2.67. The Balaban J connectivity index is 2.20. The van der Waals surface area contributed by atoms with Crippen molar-refractivity contribution in [3.8, 4) is 6.07 Å². The first kappa shape index (κ1) is 17.1. The van der Waals surface area contributed by atoms with Crippen LogP contribution in [0.3, 0.4) is 0 Å². The maximum atomic E-state index is 13.0. The minimum Gasteiger partial charge on any atom is -0.390 e. The van der Waals surface area contributed by atoms with Gasteiger partial charge in [0.2, 0.25) is 0 Å². The number of piperidine rings is 1. The minimum atomic E-state index is -4.55. The zero-order valence-corrected chi connectivity index (χ0v) is 13.4. The van der Waals surface area contributed by atoms with Crippen LogP contribution in [0.1, 0.15) is 30.4 Å². The van der Waals surface area contributed by atoms with Gasteiger partial charge in [-0.05, 0) is 37.5 Å². The summed E-state index contributed by atoms with van der Waals surface area (Å²) in [5.74, 6) is 0. The van der Waals surface area contributed by atoms with Crippen LogP contribution in [0.4, 0.5) is 18.9 Å². The molecule has 0 saturated carbocycles. The Bertz CT molecular complexity index is 575. The van der Waals surface area contributed by atoms with Crippen molar-refractivity contribution in [3.05, 3.63) is 29.3 Å².